The second-order valence-corrected chi connectivity index (χ2v) is 5.92. The molecule has 0 heterocycles. The van der Waals surface area contributed by atoms with E-state index in [1.165, 1.54) is 31.4 Å². The molecule has 0 aromatic heterocycles. The zero-order chi connectivity index (χ0) is 13.3. The topological polar surface area (TPSA) is 29.3 Å². The molecule has 0 fully saturated rings. The van der Waals surface area contributed by atoms with Gasteiger partial charge in [0.25, 0.3) is 0 Å². The van der Waals surface area contributed by atoms with Gasteiger partial charge in [-0.05, 0) is 32.6 Å². The Balaban J connectivity index is 4.75. The van der Waals surface area contributed by atoms with Crippen LogP contribution in [0.5, 0.6) is 0 Å². The summed E-state index contributed by atoms with van der Waals surface area (Å²) in [5.41, 5.74) is 6.31. The zero-order valence-electron chi connectivity index (χ0n) is 12.5. The van der Waals surface area contributed by atoms with Crippen molar-refractivity contribution < 1.29 is 0 Å². The average Bonchev–Trinajstić information content (AvgIpc) is 2.37. The molecular formula is C14H32N2S. The number of unbranched alkanes of at least 4 members (excludes halogenated alkanes) is 1. The minimum Gasteiger partial charge on any atom is -0.329 e. The van der Waals surface area contributed by atoms with Crippen LogP contribution in [0.2, 0.25) is 0 Å². The lowest BCUT2D eigenvalue weighted by Crippen LogP contribution is -2.56. The molecule has 0 amide bonds. The number of nitrogens with two attached hydrogens (primary N) is 1. The molecule has 0 aliphatic rings. The van der Waals surface area contributed by atoms with Gasteiger partial charge in [0.05, 0.1) is 0 Å². The smallest absolute Gasteiger partial charge is 0.0329 e. The van der Waals surface area contributed by atoms with Gasteiger partial charge in [-0.2, -0.15) is 11.8 Å². The molecule has 17 heavy (non-hydrogen) atoms. The molecular weight excluding hydrogens is 228 g/mol. The number of thioether (sulfide) groups is 1. The molecule has 0 saturated heterocycles. The van der Waals surface area contributed by atoms with E-state index in [0.29, 0.717) is 6.04 Å². The Hall–Kier alpha value is 0.270. The van der Waals surface area contributed by atoms with E-state index in [1.807, 2.05) is 11.8 Å². The van der Waals surface area contributed by atoms with Crippen molar-refractivity contribution in [3.05, 3.63) is 0 Å². The highest BCUT2D eigenvalue weighted by Gasteiger charge is 2.34. The third kappa shape index (κ3) is 4.80. The van der Waals surface area contributed by atoms with Crippen molar-refractivity contribution in [2.75, 3.05) is 25.6 Å². The zero-order valence-corrected chi connectivity index (χ0v) is 13.3. The quantitative estimate of drug-likeness (QED) is 0.653. The molecule has 104 valence electrons. The highest BCUT2D eigenvalue weighted by atomic mass is 32.2. The van der Waals surface area contributed by atoms with Gasteiger partial charge in [0, 0.05) is 23.9 Å². The van der Waals surface area contributed by atoms with E-state index < -0.39 is 0 Å². The Morgan fingerprint density at radius 2 is 1.94 bits per heavy atom. The van der Waals surface area contributed by atoms with Gasteiger partial charge < -0.3 is 5.73 Å². The summed E-state index contributed by atoms with van der Waals surface area (Å²) in [6.07, 6.45) is 8.34. The summed E-state index contributed by atoms with van der Waals surface area (Å²) in [6, 6.07) is 0.658. The van der Waals surface area contributed by atoms with Crippen LogP contribution < -0.4 is 5.73 Å². The summed E-state index contributed by atoms with van der Waals surface area (Å²) in [6.45, 7) is 7.61. The van der Waals surface area contributed by atoms with Crippen molar-refractivity contribution in [3.8, 4) is 0 Å². The largest absolute Gasteiger partial charge is 0.329 e. The Bertz CT molecular complexity index is 181. The second-order valence-electron chi connectivity index (χ2n) is 5.01. The van der Waals surface area contributed by atoms with Crippen LogP contribution in [0.25, 0.3) is 0 Å². The van der Waals surface area contributed by atoms with Gasteiger partial charge in [-0.1, -0.05) is 33.6 Å². The fourth-order valence-electron chi connectivity index (χ4n) is 2.58. The van der Waals surface area contributed by atoms with Gasteiger partial charge in [-0.15, -0.1) is 0 Å². The Labute approximate surface area is 113 Å². The van der Waals surface area contributed by atoms with Crippen LogP contribution >= 0.6 is 11.8 Å². The van der Waals surface area contributed by atoms with E-state index >= 15 is 0 Å². The van der Waals surface area contributed by atoms with Gasteiger partial charge in [0.2, 0.25) is 0 Å². The Morgan fingerprint density at radius 1 is 1.29 bits per heavy atom. The lowest BCUT2D eigenvalue weighted by Gasteiger charge is -2.45. The third-order valence-electron chi connectivity index (χ3n) is 4.16. The maximum atomic E-state index is 6.10. The molecule has 2 N–H and O–H groups in total. The lowest BCUT2D eigenvalue weighted by atomic mass is 9.86. The van der Waals surface area contributed by atoms with Gasteiger partial charge in [-0.25, -0.2) is 0 Å². The van der Waals surface area contributed by atoms with Crippen LogP contribution in [0.15, 0.2) is 0 Å². The summed E-state index contributed by atoms with van der Waals surface area (Å²) in [5, 5.41) is 0. The Kier molecular flexibility index (Phi) is 9.38. The van der Waals surface area contributed by atoms with E-state index in [9.17, 15) is 0 Å². The van der Waals surface area contributed by atoms with Crippen LogP contribution in [0.4, 0.5) is 0 Å². The van der Waals surface area contributed by atoms with Crippen LogP contribution in [-0.4, -0.2) is 42.1 Å². The minimum absolute atomic E-state index is 0.215. The molecule has 2 atom stereocenters. The number of nitrogens with zero attached hydrogens (tertiary/aromatic N) is 1. The predicted octanol–water partition coefficient (Wildman–Crippen LogP) is 3.36. The minimum atomic E-state index is 0.215. The van der Waals surface area contributed by atoms with Crippen LogP contribution in [-0.2, 0) is 0 Å². The first-order chi connectivity index (χ1) is 8.11. The van der Waals surface area contributed by atoms with Crippen molar-refractivity contribution in [2.24, 2.45) is 5.73 Å². The first kappa shape index (κ1) is 17.3. The molecule has 0 aromatic rings. The monoisotopic (exact) mass is 260 g/mol. The molecule has 0 rings (SSSR count). The van der Waals surface area contributed by atoms with Crippen molar-refractivity contribution >= 4 is 11.8 Å². The molecule has 3 heteroatoms. The maximum Gasteiger partial charge on any atom is 0.0329 e. The summed E-state index contributed by atoms with van der Waals surface area (Å²) in [5.74, 6) is 1.21. The third-order valence-corrected chi connectivity index (χ3v) is 4.88. The maximum absolute atomic E-state index is 6.10. The Morgan fingerprint density at radius 3 is 2.29 bits per heavy atom. The van der Waals surface area contributed by atoms with E-state index in [0.717, 1.165) is 13.0 Å². The summed E-state index contributed by atoms with van der Waals surface area (Å²) >= 11 is 1.94. The SMILES string of the molecule is CCCCC(CC)(CN)N(C)C(CC)CSC. The summed E-state index contributed by atoms with van der Waals surface area (Å²) in [7, 11) is 2.27. The first-order valence-corrected chi connectivity index (χ1v) is 8.43. The normalized spacial score (nSPS) is 17.1. The van der Waals surface area contributed by atoms with Crippen molar-refractivity contribution in [1.29, 1.82) is 0 Å². The molecule has 2 unspecified atom stereocenters. The first-order valence-electron chi connectivity index (χ1n) is 7.03. The highest BCUT2D eigenvalue weighted by Crippen LogP contribution is 2.28. The van der Waals surface area contributed by atoms with Crippen molar-refractivity contribution in [1.82, 2.24) is 4.90 Å². The predicted molar refractivity (Wildman–Crippen MR) is 81.8 cm³/mol. The van der Waals surface area contributed by atoms with Crippen LogP contribution in [0.1, 0.15) is 52.9 Å². The standard InChI is InChI=1S/C14H32N2S/c1-6-9-10-14(8-3,12-15)16(4)13(7-2)11-17-5/h13H,6-12,15H2,1-5H3. The molecule has 0 saturated carbocycles. The van der Waals surface area contributed by atoms with Gasteiger partial charge in [0.15, 0.2) is 0 Å². The second kappa shape index (κ2) is 9.23. The molecule has 0 aliphatic heterocycles. The average molecular weight is 260 g/mol. The fourth-order valence-corrected chi connectivity index (χ4v) is 3.43. The van der Waals surface area contributed by atoms with Gasteiger partial charge in [-0.3, -0.25) is 4.90 Å². The van der Waals surface area contributed by atoms with Gasteiger partial charge >= 0.3 is 0 Å². The van der Waals surface area contributed by atoms with E-state index in [2.05, 4.69) is 39.0 Å². The molecule has 2 nitrogen and oxygen atoms in total. The van der Waals surface area contributed by atoms with Crippen LogP contribution in [0, 0.1) is 0 Å². The fraction of sp³-hybridized carbons (Fsp3) is 1.00. The summed E-state index contributed by atoms with van der Waals surface area (Å²) in [4.78, 5) is 2.57. The van der Waals surface area contributed by atoms with Crippen molar-refractivity contribution in [3.63, 3.8) is 0 Å². The molecule has 0 spiro atoms. The van der Waals surface area contributed by atoms with E-state index in [1.54, 1.807) is 0 Å². The van der Waals surface area contributed by atoms with Crippen molar-refractivity contribution in [2.45, 2.75) is 64.5 Å². The van der Waals surface area contributed by atoms with Crippen LogP contribution in [0.3, 0.4) is 0 Å². The molecule has 0 radical (unpaired) electrons. The lowest BCUT2D eigenvalue weighted by molar-refractivity contribution is 0.0700. The number of likely N-dealkylation sites (N-methyl/N-ethyl adjacent to an activating group) is 1. The number of rotatable bonds is 10. The number of hydrogen-bond donors (Lipinski definition) is 1. The molecule has 0 aliphatic carbocycles. The van der Waals surface area contributed by atoms with E-state index in [4.69, 9.17) is 5.73 Å². The highest BCUT2D eigenvalue weighted by molar-refractivity contribution is 7.98. The van der Waals surface area contributed by atoms with E-state index in [-0.39, 0.29) is 5.54 Å². The van der Waals surface area contributed by atoms with Gasteiger partial charge in [0.1, 0.15) is 0 Å². The summed E-state index contributed by atoms with van der Waals surface area (Å²) < 4.78 is 0. The molecule has 0 bridgehead atoms. The molecule has 0 aromatic carbocycles. The number of hydrogen-bond acceptors (Lipinski definition) is 3.